The van der Waals surface area contributed by atoms with E-state index in [9.17, 15) is 4.79 Å². The lowest BCUT2D eigenvalue weighted by Gasteiger charge is -2.25. The first-order chi connectivity index (χ1) is 15.1. The summed E-state index contributed by atoms with van der Waals surface area (Å²) in [4.78, 5) is 12.4. The van der Waals surface area contributed by atoms with E-state index in [4.69, 9.17) is 14.2 Å². The summed E-state index contributed by atoms with van der Waals surface area (Å²) < 4.78 is 17.9. The molecule has 2 N–H and O–H groups in total. The van der Waals surface area contributed by atoms with Crippen molar-refractivity contribution in [2.45, 2.75) is 51.7 Å². The molecule has 2 heterocycles. The van der Waals surface area contributed by atoms with Crippen molar-refractivity contribution in [3.05, 3.63) is 81.3 Å². The molecule has 164 valence electrons. The molecule has 3 aromatic rings. The van der Waals surface area contributed by atoms with Gasteiger partial charge in [-0.05, 0) is 23.1 Å². The van der Waals surface area contributed by atoms with Gasteiger partial charge in [0, 0.05) is 36.6 Å². The first kappa shape index (κ1) is 21.2. The number of benzene rings is 2. The van der Waals surface area contributed by atoms with Crippen LogP contribution in [0.25, 0.3) is 0 Å². The van der Waals surface area contributed by atoms with Crippen molar-refractivity contribution >= 4 is 0 Å². The summed E-state index contributed by atoms with van der Waals surface area (Å²) >= 11 is 0. The van der Waals surface area contributed by atoms with E-state index < -0.39 is 0 Å². The fourth-order valence-corrected chi connectivity index (χ4v) is 3.85. The Balaban J connectivity index is 1.58. The molecule has 31 heavy (non-hydrogen) atoms. The maximum absolute atomic E-state index is 12.4. The van der Waals surface area contributed by atoms with Gasteiger partial charge in [-0.15, -0.1) is 0 Å². The largest absolute Gasteiger partial charge is 0.490 e. The zero-order chi connectivity index (χ0) is 21.6. The summed E-state index contributed by atoms with van der Waals surface area (Å²) in [7, 11) is 0. The number of aromatic nitrogens is 2. The summed E-state index contributed by atoms with van der Waals surface area (Å²) in [5.74, 6) is 1.75. The lowest BCUT2D eigenvalue weighted by molar-refractivity contribution is 0.0251. The highest BCUT2D eigenvalue weighted by atomic mass is 16.5. The minimum atomic E-state index is -0.0786. The molecule has 0 radical (unpaired) electrons. The zero-order valence-corrected chi connectivity index (χ0v) is 18.1. The standard InChI is InChI=1S/C25H30N2O4/c1-17(2)24-22(25(28)27-26-24)14-19-8-9-21(30-16-18-6-4-3-5-7-18)15-23(19)31-20-10-12-29-13-11-20/h3-9,15,17,20H,10-14,16H2,1-2H3,(H2,26,27,28). The van der Waals surface area contributed by atoms with Gasteiger partial charge in [-0.25, -0.2) is 0 Å². The number of nitrogens with one attached hydrogen (secondary N) is 2. The second kappa shape index (κ2) is 9.88. The number of rotatable bonds is 8. The van der Waals surface area contributed by atoms with Gasteiger partial charge in [0.15, 0.2) is 0 Å². The third-order valence-corrected chi connectivity index (χ3v) is 5.60. The predicted octanol–water partition coefficient (Wildman–Crippen LogP) is 4.55. The molecule has 1 aliphatic rings. The number of ether oxygens (including phenoxy) is 3. The quantitative estimate of drug-likeness (QED) is 0.558. The normalized spacial score (nSPS) is 14.7. The smallest absolute Gasteiger partial charge is 0.267 e. The highest BCUT2D eigenvalue weighted by molar-refractivity contribution is 5.44. The first-order valence-electron chi connectivity index (χ1n) is 10.9. The molecule has 1 fully saturated rings. The van der Waals surface area contributed by atoms with E-state index in [1.165, 1.54) is 0 Å². The van der Waals surface area contributed by atoms with Crippen LogP contribution < -0.4 is 15.0 Å². The van der Waals surface area contributed by atoms with Gasteiger partial charge in [0.05, 0.1) is 13.2 Å². The van der Waals surface area contributed by atoms with Crippen molar-refractivity contribution < 1.29 is 14.2 Å². The van der Waals surface area contributed by atoms with Crippen molar-refractivity contribution in [3.8, 4) is 11.5 Å². The SMILES string of the molecule is CC(C)c1[nH][nH]c(=O)c1Cc1ccc(OCc2ccccc2)cc1OC1CCOCC1. The molecule has 0 spiro atoms. The molecule has 0 saturated carbocycles. The minimum Gasteiger partial charge on any atom is -0.490 e. The van der Waals surface area contributed by atoms with Crippen LogP contribution in [0.3, 0.4) is 0 Å². The first-order valence-corrected chi connectivity index (χ1v) is 10.9. The fourth-order valence-electron chi connectivity index (χ4n) is 3.85. The monoisotopic (exact) mass is 422 g/mol. The molecule has 0 aliphatic carbocycles. The third-order valence-electron chi connectivity index (χ3n) is 5.60. The highest BCUT2D eigenvalue weighted by Crippen LogP contribution is 2.30. The van der Waals surface area contributed by atoms with Crippen LogP contribution >= 0.6 is 0 Å². The molecule has 1 aliphatic heterocycles. The molecular weight excluding hydrogens is 392 g/mol. The molecule has 0 bridgehead atoms. The second-order valence-corrected chi connectivity index (χ2v) is 8.28. The Kier molecular flexibility index (Phi) is 6.77. The predicted molar refractivity (Wildman–Crippen MR) is 120 cm³/mol. The van der Waals surface area contributed by atoms with E-state index in [-0.39, 0.29) is 17.6 Å². The van der Waals surface area contributed by atoms with Gasteiger partial charge in [0.2, 0.25) is 0 Å². The van der Waals surface area contributed by atoms with Gasteiger partial charge in [-0.1, -0.05) is 50.2 Å². The zero-order valence-electron chi connectivity index (χ0n) is 18.1. The van der Waals surface area contributed by atoms with E-state index in [0.717, 1.165) is 46.7 Å². The summed E-state index contributed by atoms with van der Waals surface area (Å²) in [5, 5.41) is 5.75. The lowest BCUT2D eigenvalue weighted by atomic mass is 9.99. The van der Waals surface area contributed by atoms with Crippen LogP contribution in [0.4, 0.5) is 0 Å². The van der Waals surface area contributed by atoms with Crippen LogP contribution in [0.2, 0.25) is 0 Å². The van der Waals surface area contributed by atoms with E-state index in [1.54, 1.807) is 0 Å². The van der Waals surface area contributed by atoms with Gasteiger partial charge in [0.25, 0.3) is 5.56 Å². The molecule has 0 unspecified atom stereocenters. The van der Waals surface area contributed by atoms with Crippen LogP contribution in [-0.4, -0.2) is 29.5 Å². The van der Waals surface area contributed by atoms with Crippen LogP contribution in [0.5, 0.6) is 11.5 Å². The van der Waals surface area contributed by atoms with Crippen LogP contribution in [0.1, 0.15) is 55.0 Å². The molecule has 6 heteroatoms. The summed E-state index contributed by atoms with van der Waals surface area (Å²) in [6.45, 7) is 6.05. The van der Waals surface area contributed by atoms with Gasteiger partial charge < -0.3 is 19.3 Å². The van der Waals surface area contributed by atoms with Gasteiger partial charge in [0.1, 0.15) is 24.2 Å². The van der Waals surface area contributed by atoms with E-state index in [1.807, 2.05) is 48.5 Å². The van der Waals surface area contributed by atoms with Crippen LogP contribution in [0.15, 0.2) is 53.3 Å². The second-order valence-electron chi connectivity index (χ2n) is 8.28. The van der Waals surface area contributed by atoms with Crippen LogP contribution in [0, 0.1) is 0 Å². The van der Waals surface area contributed by atoms with Gasteiger partial charge >= 0.3 is 0 Å². The number of hydrogen-bond acceptors (Lipinski definition) is 4. The molecule has 1 aromatic heterocycles. The molecule has 1 saturated heterocycles. The van der Waals surface area contributed by atoms with Crippen molar-refractivity contribution in [2.75, 3.05) is 13.2 Å². The molecule has 0 amide bonds. The summed E-state index contributed by atoms with van der Waals surface area (Å²) in [6, 6.07) is 16.0. The Labute approximate surface area is 182 Å². The maximum Gasteiger partial charge on any atom is 0.267 e. The number of H-pyrrole nitrogens is 2. The van der Waals surface area contributed by atoms with E-state index in [2.05, 4.69) is 24.0 Å². The van der Waals surface area contributed by atoms with E-state index in [0.29, 0.717) is 26.2 Å². The van der Waals surface area contributed by atoms with E-state index >= 15 is 0 Å². The van der Waals surface area contributed by atoms with Crippen molar-refractivity contribution in [2.24, 2.45) is 0 Å². The Morgan fingerprint density at radius 2 is 1.84 bits per heavy atom. The Hall–Kier alpha value is -2.99. The molecule has 0 atom stereocenters. The summed E-state index contributed by atoms with van der Waals surface area (Å²) in [6.07, 6.45) is 2.32. The third kappa shape index (κ3) is 5.39. The highest BCUT2D eigenvalue weighted by Gasteiger charge is 2.20. The summed E-state index contributed by atoms with van der Waals surface area (Å²) in [5.41, 5.74) is 3.70. The van der Waals surface area contributed by atoms with Gasteiger partial charge in [-0.2, -0.15) is 0 Å². The molecule has 6 nitrogen and oxygen atoms in total. The van der Waals surface area contributed by atoms with Gasteiger partial charge in [-0.3, -0.25) is 9.89 Å². The van der Waals surface area contributed by atoms with Crippen LogP contribution in [-0.2, 0) is 17.8 Å². The lowest BCUT2D eigenvalue weighted by Crippen LogP contribution is -2.26. The molecule has 2 aromatic carbocycles. The van der Waals surface area contributed by atoms with Crippen molar-refractivity contribution in [1.82, 2.24) is 10.2 Å². The van der Waals surface area contributed by atoms with Crippen molar-refractivity contribution in [3.63, 3.8) is 0 Å². The Morgan fingerprint density at radius 1 is 1.06 bits per heavy atom. The average molecular weight is 423 g/mol. The topological polar surface area (TPSA) is 76.3 Å². The average Bonchev–Trinajstić information content (AvgIpc) is 3.15. The maximum atomic E-state index is 12.4. The Morgan fingerprint density at radius 3 is 2.58 bits per heavy atom. The Bertz CT molecular complexity index is 1030. The molecule has 4 rings (SSSR count). The fraction of sp³-hybridized carbons (Fsp3) is 0.400. The number of hydrogen-bond donors (Lipinski definition) is 2. The number of aromatic amines is 2. The minimum absolute atomic E-state index is 0.0786. The molecular formula is C25H30N2O4. The van der Waals surface area contributed by atoms with Crippen molar-refractivity contribution in [1.29, 1.82) is 0 Å².